The molecule has 0 fully saturated rings. The molecular weight excluding hydrogens is 250 g/mol. The third kappa shape index (κ3) is 4.11. The number of halogens is 3. The first kappa shape index (κ1) is 16.1. The zero-order chi connectivity index (χ0) is 12.3. The number of rotatable bonds is 4. The molecule has 98 valence electrons. The second-order valence-electron chi connectivity index (χ2n) is 3.81. The number of hydrogen-bond donors (Lipinski definition) is 2. The van der Waals surface area contributed by atoms with Gasteiger partial charge in [-0.25, -0.2) is 0 Å². The largest absolute Gasteiger partial charge is 0.399 e. The molecule has 0 heterocycles. The van der Waals surface area contributed by atoms with Crippen LogP contribution in [-0.4, -0.2) is 13.7 Å². The van der Waals surface area contributed by atoms with Gasteiger partial charge in [-0.05, 0) is 30.7 Å². The van der Waals surface area contributed by atoms with Gasteiger partial charge in [0.25, 0.3) is 5.92 Å². The van der Waals surface area contributed by atoms with Crippen LogP contribution < -0.4 is 11.5 Å². The predicted octanol–water partition coefficient (Wildman–Crippen LogP) is 2.45. The summed E-state index contributed by atoms with van der Waals surface area (Å²) in [7, 11) is 1.23. The highest BCUT2D eigenvalue weighted by Gasteiger charge is 2.32. The highest BCUT2D eigenvalue weighted by Crippen LogP contribution is 2.31. The maximum absolute atomic E-state index is 13.6. The monoisotopic (exact) mass is 266 g/mol. The van der Waals surface area contributed by atoms with Crippen LogP contribution in [0.1, 0.15) is 24.1 Å². The van der Waals surface area contributed by atoms with Crippen molar-refractivity contribution in [2.75, 3.05) is 19.5 Å². The molecule has 1 rings (SSSR count). The molecule has 0 radical (unpaired) electrons. The molecule has 3 nitrogen and oxygen atoms in total. The molecule has 6 heteroatoms. The molecule has 0 aliphatic heterocycles. The lowest BCUT2D eigenvalue weighted by atomic mass is 10.0. The maximum Gasteiger partial charge on any atom is 0.296 e. The number of anilines is 1. The zero-order valence-corrected chi connectivity index (χ0v) is 10.6. The van der Waals surface area contributed by atoms with Crippen molar-refractivity contribution in [3.63, 3.8) is 0 Å². The minimum Gasteiger partial charge on any atom is -0.399 e. The third-order valence-electron chi connectivity index (χ3n) is 2.25. The molecule has 0 spiro atoms. The summed E-state index contributed by atoms with van der Waals surface area (Å²) in [5.74, 6) is -3.05. The summed E-state index contributed by atoms with van der Waals surface area (Å²) < 4.78 is 31.6. The van der Waals surface area contributed by atoms with E-state index in [1.54, 1.807) is 13.0 Å². The summed E-state index contributed by atoms with van der Waals surface area (Å²) in [4.78, 5) is 0. The Hall–Kier alpha value is -0.910. The van der Waals surface area contributed by atoms with Crippen LogP contribution in [0.5, 0.6) is 0 Å². The Kier molecular flexibility index (Phi) is 5.81. The summed E-state index contributed by atoms with van der Waals surface area (Å²) in [6, 6.07) is 3.86. The number of ether oxygens (including phenoxy) is 1. The van der Waals surface area contributed by atoms with Crippen molar-refractivity contribution in [1.82, 2.24) is 0 Å². The average molecular weight is 267 g/mol. The summed E-state index contributed by atoms with van der Waals surface area (Å²) in [5.41, 5.74) is 11.9. The van der Waals surface area contributed by atoms with E-state index in [1.165, 1.54) is 19.2 Å². The fraction of sp³-hybridized carbons (Fsp3) is 0.455. The quantitative estimate of drug-likeness (QED) is 0.823. The van der Waals surface area contributed by atoms with E-state index in [9.17, 15) is 8.78 Å². The van der Waals surface area contributed by atoms with E-state index >= 15 is 0 Å². The predicted molar refractivity (Wildman–Crippen MR) is 66.5 cm³/mol. The van der Waals surface area contributed by atoms with Gasteiger partial charge in [0.15, 0.2) is 0 Å². The lowest BCUT2D eigenvalue weighted by Crippen LogP contribution is -2.21. The molecule has 0 aliphatic rings. The standard InChI is InChI=1S/C11H16F2N2O.ClH/c1-7(14)8-3-9(5-10(15)4-8)11(12,13)6-16-2;/h3-5,7H,6,14-15H2,1-2H3;1H/t7-;/m1./s1. The Morgan fingerprint density at radius 3 is 2.41 bits per heavy atom. The molecule has 0 amide bonds. The molecule has 0 unspecified atom stereocenters. The first-order valence-corrected chi connectivity index (χ1v) is 4.90. The smallest absolute Gasteiger partial charge is 0.296 e. The number of hydrogen-bond acceptors (Lipinski definition) is 3. The number of benzene rings is 1. The second kappa shape index (κ2) is 6.14. The normalized spacial score (nSPS) is 13.0. The molecule has 0 saturated carbocycles. The van der Waals surface area contributed by atoms with Crippen LogP contribution in [0.15, 0.2) is 18.2 Å². The number of nitrogen functional groups attached to an aromatic ring is 1. The molecule has 1 aromatic rings. The van der Waals surface area contributed by atoms with Crippen LogP contribution in [0.4, 0.5) is 14.5 Å². The summed E-state index contributed by atoms with van der Waals surface area (Å²) >= 11 is 0. The zero-order valence-electron chi connectivity index (χ0n) is 9.74. The first-order valence-electron chi connectivity index (χ1n) is 4.90. The van der Waals surface area contributed by atoms with Crippen LogP contribution >= 0.6 is 12.4 Å². The Labute approximate surface area is 106 Å². The summed E-state index contributed by atoms with van der Waals surface area (Å²) in [6.07, 6.45) is 0. The molecule has 17 heavy (non-hydrogen) atoms. The van der Waals surface area contributed by atoms with Gasteiger partial charge in [0.2, 0.25) is 0 Å². The van der Waals surface area contributed by atoms with E-state index in [-0.39, 0.29) is 29.7 Å². The number of alkyl halides is 2. The van der Waals surface area contributed by atoms with Gasteiger partial charge in [-0.15, -0.1) is 12.4 Å². The van der Waals surface area contributed by atoms with Crippen LogP contribution in [0.25, 0.3) is 0 Å². The second-order valence-corrected chi connectivity index (χ2v) is 3.81. The topological polar surface area (TPSA) is 61.3 Å². The average Bonchev–Trinajstić information content (AvgIpc) is 2.16. The van der Waals surface area contributed by atoms with Gasteiger partial charge in [0, 0.05) is 24.4 Å². The van der Waals surface area contributed by atoms with E-state index in [4.69, 9.17) is 11.5 Å². The van der Waals surface area contributed by atoms with E-state index in [0.717, 1.165) is 0 Å². The fourth-order valence-electron chi connectivity index (χ4n) is 1.42. The Morgan fingerprint density at radius 2 is 1.94 bits per heavy atom. The molecule has 1 atom stereocenters. The molecule has 0 aromatic heterocycles. The van der Waals surface area contributed by atoms with Gasteiger partial charge in [-0.3, -0.25) is 0 Å². The van der Waals surface area contributed by atoms with Crippen molar-refractivity contribution in [2.24, 2.45) is 5.73 Å². The van der Waals surface area contributed by atoms with Crippen LogP contribution in [0.3, 0.4) is 0 Å². The molecule has 0 saturated heterocycles. The third-order valence-corrected chi connectivity index (χ3v) is 2.25. The minimum absolute atomic E-state index is 0. The highest BCUT2D eigenvalue weighted by atomic mass is 35.5. The van der Waals surface area contributed by atoms with Crippen LogP contribution in [-0.2, 0) is 10.7 Å². The van der Waals surface area contributed by atoms with Gasteiger partial charge < -0.3 is 16.2 Å². The summed E-state index contributed by atoms with van der Waals surface area (Å²) in [5, 5.41) is 0. The van der Waals surface area contributed by atoms with E-state index in [0.29, 0.717) is 5.56 Å². The van der Waals surface area contributed by atoms with E-state index in [2.05, 4.69) is 4.74 Å². The molecule has 1 aromatic carbocycles. The fourth-order valence-corrected chi connectivity index (χ4v) is 1.42. The van der Waals surface area contributed by atoms with Crippen molar-refractivity contribution >= 4 is 18.1 Å². The van der Waals surface area contributed by atoms with Gasteiger partial charge >= 0.3 is 0 Å². The van der Waals surface area contributed by atoms with Gasteiger partial charge in [-0.2, -0.15) is 8.78 Å². The Balaban J connectivity index is 0.00000256. The maximum atomic E-state index is 13.6. The number of methoxy groups -OCH3 is 1. The van der Waals surface area contributed by atoms with Gasteiger partial charge in [0.05, 0.1) is 0 Å². The molecular formula is C11H17ClF2N2O. The minimum atomic E-state index is -3.05. The van der Waals surface area contributed by atoms with Crippen LogP contribution in [0.2, 0.25) is 0 Å². The Morgan fingerprint density at radius 1 is 1.35 bits per heavy atom. The lowest BCUT2D eigenvalue weighted by Gasteiger charge is -2.18. The van der Waals surface area contributed by atoms with Crippen molar-refractivity contribution in [1.29, 1.82) is 0 Å². The van der Waals surface area contributed by atoms with Crippen molar-refractivity contribution < 1.29 is 13.5 Å². The van der Waals surface area contributed by atoms with E-state index in [1.807, 2.05) is 0 Å². The van der Waals surface area contributed by atoms with Crippen molar-refractivity contribution in [3.8, 4) is 0 Å². The Bertz CT molecular complexity index is 372. The lowest BCUT2D eigenvalue weighted by molar-refractivity contribution is -0.0698. The molecule has 4 N–H and O–H groups in total. The van der Waals surface area contributed by atoms with Crippen LogP contribution in [0, 0.1) is 0 Å². The van der Waals surface area contributed by atoms with Crippen molar-refractivity contribution in [2.45, 2.75) is 18.9 Å². The molecule has 0 bridgehead atoms. The van der Waals surface area contributed by atoms with Gasteiger partial charge in [-0.1, -0.05) is 0 Å². The SMILES string of the molecule is COCC(F)(F)c1cc(N)cc([C@@H](C)N)c1.Cl. The van der Waals surface area contributed by atoms with E-state index < -0.39 is 12.5 Å². The first-order chi connectivity index (χ1) is 7.36. The highest BCUT2D eigenvalue weighted by molar-refractivity contribution is 5.85. The summed E-state index contributed by atoms with van der Waals surface area (Å²) in [6.45, 7) is 1.04. The molecule has 0 aliphatic carbocycles. The van der Waals surface area contributed by atoms with Crippen molar-refractivity contribution in [3.05, 3.63) is 29.3 Å². The van der Waals surface area contributed by atoms with Gasteiger partial charge in [0.1, 0.15) is 6.61 Å². The number of nitrogens with two attached hydrogens (primary N) is 2.